The number of hydrogen-bond acceptors (Lipinski definition) is 2. The minimum Gasteiger partial charge on any atom is -0.478 e. The van der Waals surface area contributed by atoms with Crippen LogP contribution in [0.3, 0.4) is 0 Å². The highest BCUT2D eigenvalue weighted by atomic mass is 35.5. The zero-order chi connectivity index (χ0) is 14.8. The van der Waals surface area contributed by atoms with E-state index in [0.29, 0.717) is 11.4 Å². The Labute approximate surface area is 126 Å². The Kier molecular flexibility index (Phi) is 3.59. The number of carbonyl (C=O) groups is 1. The van der Waals surface area contributed by atoms with Crippen LogP contribution in [0.5, 0.6) is 0 Å². The molecular formula is C17H12ClNO2. The van der Waals surface area contributed by atoms with Gasteiger partial charge >= 0.3 is 5.97 Å². The van der Waals surface area contributed by atoms with Crippen molar-refractivity contribution in [1.82, 2.24) is 4.98 Å². The minimum atomic E-state index is -0.951. The van der Waals surface area contributed by atoms with Gasteiger partial charge in [-0.3, -0.25) is 4.98 Å². The van der Waals surface area contributed by atoms with Crippen molar-refractivity contribution in [2.24, 2.45) is 0 Å². The molecule has 0 amide bonds. The van der Waals surface area contributed by atoms with Gasteiger partial charge in [0.05, 0.1) is 11.1 Å². The molecule has 0 spiro atoms. The molecule has 2 aromatic carbocycles. The van der Waals surface area contributed by atoms with Gasteiger partial charge in [-0.1, -0.05) is 29.8 Å². The smallest absolute Gasteiger partial charge is 0.335 e. The van der Waals surface area contributed by atoms with Crippen molar-refractivity contribution in [3.8, 4) is 0 Å². The number of fused-ring (bicyclic) bond motifs is 1. The molecule has 0 saturated carbocycles. The summed E-state index contributed by atoms with van der Waals surface area (Å²) in [5.74, 6) is -0.951. The van der Waals surface area contributed by atoms with E-state index in [1.165, 1.54) is 6.07 Å². The second-order valence-corrected chi connectivity index (χ2v) is 5.18. The van der Waals surface area contributed by atoms with Crippen LogP contribution in [0, 0.1) is 0 Å². The monoisotopic (exact) mass is 297 g/mol. The molecule has 0 fully saturated rings. The number of halogens is 1. The molecule has 104 valence electrons. The van der Waals surface area contributed by atoms with E-state index in [9.17, 15) is 4.79 Å². The molecule has 0 aliphatic heterocycles. The van der Waals surface area contributed by atoms with Crippen LogP contribution in [0.2, 0.25) is 5.02 Å². The number of carboxylic acids is 1. The minimum absolute atomic E-state index is 0.243. The van der Waals surface area contributed by atoms with Gasteiger partial charge in [-0.2, -0.15) is 0 Å². The van der Waals surface area contributed by atoms with Crippen LogP contribution in [-0.2, 0) is 6.42 Å². The summed E-state index contributed by atoms with van der Waals surface area (Å²) in [4.78, 5) is 15.4. The molecule has 1 N–H and O–H groups in total. The summed E-state index contributed by atoms with van der Waals surface area (Å²) in [7, 11) is 0. The van der Waals surface area contributed by atoms with Gasteiger partial charge in [0.1, 0.15) is 0 Å². The normalized spacial score (nSPS) is 10.7. The molecule has 1 aromatic heterocycles. The molecular weight excluding hydrogens is 286 g/mol. The van der Waals surface area contributed by atoms with Crippen molar-refractivity contribution in [1.29, 1.82) is 0 Å². The number of carboxylic acid groups (broad SMARTS) is 1. The first-order valence-corrected chi connectivity index (χ1v) is 6.87. The lowest BCUT2D eigenvalue weighted by atomic mass is 10.00. The van der Waals surface area contributed by atoms with Gasteiger partial charge in [-0.25, -0.2) is 4.79 Å². The van der Waals surface area contributed by atoms with E-state index in [-0.39, 0.29) is 5.56 Å². The number of para-hydroxylation sites is 1. The third-order valence-electron chi connectivity index (χ3n) is 3.41. The standard InChI is InChI=1S/C17H12ClNO2/c18-15-6-5-12(17(20)21)10-13(15)9-11-7-8-19-16-4-2-1-3-14(11)16/h1-8,10H,9H2,(H,20,21). The van der Waals surface area contributed by atoms with Crippen molar-refractivity contribution in [2.75, 3.05) is 0 Å². The zero-order valence-corrected chi connectivity index (χ0v) is 11.8. The summed E-state index contributed by atoms with van der Waals surface area (Å²) in [6.07, 6.45) is 2.33. The lowest BCUT2D eigenvalue weighted by molar-refractivity contribution is 0.0697. The molecule has 0 bridgehead atoms. The number of aromatic nitrogens is 1. The number of hydrogen-bond donors (Lipinski definition) is 1. The summed E-state index contributed by atoms with van der Waals surface area (Å²) >= 11 is 6.19. The fraction of sp³-hybridized carbons (Fsp3) is 0.0588. The van der Waals surface area contributed by atoms with Gasteiger partial charge in [0.2, 0.25) is 0 Å². The summed E-state index contributed by atoms with van der Waals surface area (Å²) in [5, 5.41) is 10.7. The molecule has 0 aliphatic carbocycles. The average molecular weight is 298 g/mol. The molecule has 3 nitrogen and oxygen atoms in total. The van der Waals surface area contributed by atoms with Crippen LogP contribution < -0.4 is 0 Å². The third kappa shape index (κ3) is 2.73. The summed E-state index contributed by atoms with van der Waals surface area (Å²) < 4.78 is 0. The highest BCUT2D eigenvalue weighted by Gasteiger charge is 2.09. The molecule has 0 unspecified atom stereocenters. The Balaban J connectivity index is 2.06. The van der Waals surface area contributed by atoms with Gasteiger partial charge < -0.3 is 5.11 Å². The van der Waals surface area contributed by atoms with Crippen LogP contribution >= 0.6 is 11.6 Å². The molecule has 0 atom stereocenters. The van der Waals surface area contributed by atoms with Crippen LogP contribution in [0.15, 0.2) is 54.7 Å². The molecule has 0 radical (unpaired) electrons. The zero-order valence-electron chi connectivity index (χ0n) is 11.1. The Morgan fingerprint density at radius 3 is 2.71 bits per heavy atom. The Bertz CT molecular complexity index is 825. The van der Waals surface area contributed by atoms with E-state index in [1.807, 2.05) is 30.3 Å². The predicted molar refractivity (Wildman–Crippen MR) is 83.0 cm³/mol. The molecule has 3 rings (SSSR count). The Morgan fingerprint density at radius 2 is 1.90 bits per heavy atom. The molecule has 21 heavy (non-hydrogen) atoms. The SMILES string of the molecule is O=C(O)c1ccc(Cl)c(Cc2ccnc3ccccc23)c1. The van der Waals surface area contributed by atoms with Crippen molar-refractivity contribution in [2.45, 2.75) is 6.42 Å². The summed E-state index contributed by atoms with van der Waals surface area (Å²) in [6.45, 7) is 0. The van der Waals surface area contributed by atoms with Gasteiger partial charge in [0.15, 0.2) is 0 Å². The predicted octanol–water partition coefficient (Wildman–Crippen LogP) is 4.18. The number of nitrogens with zero attached hydrogens (tertiary/aromatic N) is 1. The van der Waals surface area contributed by atoms with Gasteiger partial charge in [-0.05, 0) is 47.9 Å². The topological polar surface area (TPSA) is 50.2 Å². The van der Waals surface area contributed by atoms with Crippen LogP contribution in [-0.4, -0.2) is 16.1 Å². The highest BCUT2D eigenvalue weighted by molar-refractivity contribution is 6.31. The van der Waals surface area contributed by atoms with E-state index >= 15 is 0 Å². The molecule has 4 heteroatoms. The molecule has 0 aliphatic rings. The second-order valence-electron chi connectivity index (χ2n) is 4.78. The van der Waals surface area contributed by atoms with Crippen molar-refractivity contribution in [3.63, 3.8) is 0 Å². The maximum atomic E-state index is 11.1. The first-order valence-electron chi connectivity index (χ1n) is 6.49. The van der Waals surface area contributed by atoms with Crippen LogP contribution in [0.25, 0.3) is 10.9 Å². The number of pyridine rings is 1. The van der Waals surface area contributed by atoms with Crippen LogP contribution in [0.4, 0.5) is 0 Å². The van der Waals surface area contributed by atoms with E-state index in [1.54, 1.807) is 18.3 Å². The Morgan fingerprint density at radius 1 is 1.10 bits per heavy atom. The summed E-state index contributed by atoms with van der Waals surface area (Å²) in [6, 6.07) is 14.6. The second kappa shape index (κ2) is 5.54. The van der Waals surface area contributed by atoms with Crippen molar-refractivity contribution >= 4 is 28.5 Å². The quantitative estimate of drug-likeness (QED) is 0.789. The number of rotatable bonds is 3. The largest absolute Gasteiger partial charge is 0.478 e. The lowest BCUT2D eigenvalue weighted by Gasteiger charge is -2.08. The lowest BCUT2D eigenvalue weighted by Crippen LogP contribution is -1.99. The Hall–Kier alpha value is -2.39. The van der Waals surface area contributed by atoms with Gasteiger partial charge in [0, 0.05) is 16.6 Å². The fourth-order valence-corrected chi connectivity index (χ4v) is 2.54. The van der Waals surface area contributed by atoms with Crippen LogP contribution in [0.1, 0.15) is 21.5 Å². The highest BCUT2D eigenvalue weighted by Crippen LogP contribution is 2.24. The maximum absolute atomic E-state index is 11.1. The first-order chi connectivity index (χ1) is 10.1. The van der Waals surface area contributed by atoms with Crippen molar-refractivity contribution in [3.05, 3.63) is 76.4 Å². The molecule has 1 heterocycles. The maximum Gasteiger partial charge on any atom is 0.335 e. The van der Waals surface area contributed by atoms with E-state index in [2.05, 4.69) is 4.98 Å². The van der Waals surface area contributed by atoms with E-state index < -0.39 is 5.97 Å². The number of aromatic carboxylic acids is 1. The summed E-state index contributed by atoms with van der Waals surface area (Å²) in [5.41, 5.74) is 3.03. The molecule has 3 aromatic rings. The van der Waals surface area contributed by atoms with Crippen molar-refractivity contribution < 1.29 is 9.90 Å². The number of benzene rings is 2. The van der Waals surface area contributed by atoms with Gasteiger partial charge in [-0.15, -0.1) is 0 Å². The molecule has 0 saturated heterocycles. The van der Waals surface area contributed by atoms with E-state index in [0.717, 1.165) is 22.0 Å². The fourth-order valence-electron chi connectivity index (χ4n) is 2.36. The van der Waals surface area contributed by atoms with E-state index in [4.69, 9.17) is 16.7 Å². The first kappa shape index (κ1) is 13.6. The average Bonchev–Trinajstić information content (AvgIpc) is 2.49. The van der Waals surface area contributed by atoms with Gasteiger partial charge in [0.25, 0.3) is 0 Å². The third-order valence-corrected chi connectivity index (χ3v) is 3.78.